The van der Waals surface area contributed by atoms with Gasteiger partial charge in [-0.25, -0.2) is 0 Å². The fraction of sp³-hybridized carbons (Fsp3) is 0.333. The van der Waals surface area contributed by atoms with Crippen molar-refractivity contribution in [3.8, 4) is 0 Å². The molecule has 4 rings (SSSR count). The zero-order valence-electron chi connectivity index (χ0n) is 15.2. The molecule has 134 valence electrons. The maximum absolute atomic E-state index is 11.6. The van der Waals surface area contributed by atoms with Gasteiger partial charge >= 0.3 is 0 Å². The van der Waals surface area contributed by atoms with Crippen LogP contribution in [-0.4, -0.2) is 11.8 Å². The van der Waals surface area contributed by atoms with E-state index in [4.69, 9.17) is 0 Å². The minimum atomic E-state index is -0.372. The molecule has 0 saturated heterocycles. The van der Waals surface area contributed by atoms with Crippen LogP contribution in [0.2, 0.25) is 0 Å². The molecule has 0 unspecified atom stereocenters. The first-order valence-corrected chi connectivity index (χ1v) is 8.59. The number of rotatable bonds is 0. The highest BCUT2D eigenvalue weighted by Gasteiger charge is 2.37. The van der Waals surface area contributed by atoms with Crippen molar-refractivity contribution in [1.82, 2.24) is 0 Å². The summed E-state index contributed by atoms with van der Waals surface area (Å²) in [6, 6.07) is 12.3. The highest BCUT2D eigenvalue weighted by atomic mass is 16.2. The first kappa shape index (κ1) is 17.2. The molecule has 2 aliphatic heterocycles. The lowest BCUT2D eigenvalue weighted by Gasteiger charge is -2.16. The quantitative estimate of drug-likeness (QED) is 0.736. The van der Waals surface area contributed by atoms with E-state index in [0.29, 0.717) is 6.42 Å². The Morgan fingerprint density at radius 3 is 2.24 bits per heavy atom. The topological polar surface area (TPSA) is 58.2 Å². The molecular formula is C21H28N2O2. The number of aryl methyl sites for hydroxylation is 3. The summed E-state index contributed by atoms with van der Waals surface area (Å²) in [4.78, 5) is 22.6. The van der Waals surface area contributed by atoms with Crippen LogP contribution in [0.5, 0.6) is 0 Å². The van der Waals surface area contributed by atoms with Gasteiger partial charge in [-0.3, -0.25) is 9.59 Å². The summed E-state index contributed by atoms with van der Waals surface area (Å²) in [6.07, 6.45) is 1.50. The number of carbonyl (C=O) groups is 2. The molecule has 2 aliphatic rings. The summed E-state index contributed by atoms with van der Waals surface area (Å²) in [5.41, 5.74) is 6.31. The molecule has 25 heavy (non-hydrogen) atoms. The molecule has 2 amide bonds. The normalized spacial score (nSPS) is 16.8. The molecule has 4 nitrogen and oxygen atoms in total. The van der Waals surface area contributed by atoms with Gasteiger partial charge in [-0.15, -0.1) is 0 Å². The van der Waals surface area contributed by atoms with Crippen molar-refractivity contribution >= 4 is 23.2 Å². The highest BCUT2D eigenvalue weighted by Crippen LogP contribution is 2.37. The number of nitrogens with one attached hydrogen (secondary N) is 2. The Kier molecular flexibility index (Phi) is 4.38. The largest absolute Gasteiger partial charge is 0.326 e. The van der Waals surface area contributed by atoms with Gasteiger partial charge < -0.3 is 10.6 Å². The molecule has 2 heterocycles. The number of amides is 2. The molecule has 0 aromatic heterocycles. The van der Waals surface area contributed by atoms with Crippen LogP contribution in [-0.2, 0) is 21.4 Å². The van der Waals surface area contributed by atoms with Crippen LogP contribution in [0.3, 0.4) is 0 Å². The van der Waals surface area contributed by atoms with E-state index in [1.54, 1.807) is 0 Å². The summed E-state index contributed by atoms with van der Waals surface area (Å²) < 4.78 is 0. The second-order valence-electron chi connectivity index (χ2n) is 7.34. The monoisotopic (exact) mass is 340 g/mol. The van der Waals surface area contributed by atoms with Gasteiger partial charge in [0.05, 0.1) is 5.41 Å². The number of carbonyl (C=O) groups excluding carboxylic acids is 2. The molecule has 2 N–H and O–H groups in total. The van der Waals surface area contributed by atoms with Crippen molar-refractivity contribution < 1.29 is 12.4 Å². The Balaban J connectivity index is 0.000000252. The minimum absolute atomic E-state index is 0. The van der Waals surface area contributed by atoms with Crippen LogP contribution in [0.4, 0.5) is 11.4 Å². The number of hydrogen-bond acceptors (Lipinski definition) is 2. The van der Waals surface area contributed by atoms with Crippen molar-refractivity contribution in [2.45, 2.75) is 46.0 Å². The first-order valence-electron chi connectivity index (χ1n) is 8.59. The van der Waals surface area contributed by atoms with Gasteiger partial charge in [-0.05, 0) is 68.5 Å². The van der Waals surface area contributed by atoms with Crippen molar-refractivity contribution in [2.24, 2.45) is 0 Å². The second-order valence-corrected chi connectivity index (χ2v) is 7.34. The summed E-state index contributed by atoms with van der Waals surface area (Å²) in [5, 5.41) is 5.75. The van der Waals surface area contributed by atoms with E-state index in [1.807, 2.05) is 52.0 Å². The van der Waals surface area contributed by atoms with Crippen molar-refractivity contribution in [1.29, 1.82) is 0 Å². The van der Waals surface area contributed by atoms with E-state index in [-0.39, 0.29) is 20.1 Å². The van der Waals surface area contributed by atoms with Gasteiger partial charge in [0.2, 0.25) is 11.8 Å². The van der Waals surface area contributed by atoms with Crippen molar-refractivity contribution in [2.75, 3.05) is 10.6 Å². The highest BCUT2D eigenvalue weighted by molar-refractivity contribution is 6.05. The molecule has 0 bridgehead atoms. The molecule has 0 fully saturated rings. The number of hydrogen-bond donors (Lipinski definition) is 2. The maximum Gasteiger partial charge on any atom is 0.234 e. The van der Waals surface area contributed by atoms with E-state index < -0.39 is 0 Å². The lowest BCUT2D eigenvalue weighted by molar-refractivity contribution is -0.119. The standard InChI is InChI=1S/C11H13NO.C10H11NO.2H2/c1-7-4-5-8-9(6-7)12-10(13)11(8,2)3;1-7-2-3-8-4-5-10(12)11-9(8)6-7;;/h4-6H,1-3H3,(H,12,13);2-3,6H,4-5H2,1H3,(H,11,12);2*1H. The molecule has 2 aromatic rings. The van der Waals surface area contributed by atoms with Gasteiger partial charge in [0, 0.05) is 20.6 Å². The van der Waals surface area contributed by atoms with E-state index in [0.717, 1.165) is 23.4 Å². The van der Waals surface area contributed by atoms with Crippen LogP contribution in [0.1, 0.15) is 45.4 Å². The van der Waals surface area contributed by atoms with Crippen LogP contribution in [0.25, 0.3) is 0 Å². The third-order valence-electron chi connectivity index (χ3n) is 4.83. The molecule has 2 aromatic carbocycles. The fourth-order valence-electron chi connectivity index (χ4n) is 3.19. The van der Waals surface area contributed by atoms with E-state index in [1.165, 1.54) is 16.7 Å². The minimum Gasteiger partial charge on any atom is -0.326 e. The van der Waals surface area contributed by atoms with Crippen LogP contribution in [0.15, 0.2) is 36.4 Å². The summed E-state index contributed by atoms with van der Waals surface area (Å²) >= 11 is 0. The van der Waals surface area contributed by atoms with Gasteiger partial charge in [0.1, 0.15) is 0 Å². The Morgan fingerprint density at radius 2 is 1.52 bits per heavy atom. The Labute approximate surface area is 151 Å². The van der Waals surface area contributed by atoms with Gasteiger partial charge in [0.15, 0.2) is 0 Å². The Hall–Kier alpha value is -2.62. The second kappa shape index (κ2) is 6.36. The predicted octanol–water partition coefficient (Wildman–Crippen LogP) is 4.60. The van der Waals surface area contributed by atoms with Crippen molar-refractivity contribution in [3.63, 3.8) is 0 Å². The average Bonchev–Trinajstić information content (AvgIpc) is 2.76. The van der Waals surface area contributed by atoms with Gasteiger partial charge in [-0.2, -0.15) is 0 Å². The van der Waals surface area contributed by atoms with Crippen molar-refractivity contribution in [3.05, 3.63) is 58.7 Å². The fourth-order valence-corrected chi connectivity index (χ4v) is 3.19. The van der Waals surface area contributed by atoms with E-state index in [9.17, 15) is 9.59 Å². The molecule has 0 radical (unpaired) electrons. The Morgan fingerprint density at radius 1 is 0.880 bits per heavy atom. The zero-order chi connectivity index (χ0) is 18.2. The third-order valence-corrected chi connectivity index (χ3v) is 4.83. The molecular weight excluding hydrogens is 312 g/mol. The lowest BCUT2D eigenvalue weighted by Crippen LogP contribution is -2.26. The Bertz CT molecular complexity index is 863. The lowest BCUT2D eigenvalue weighted by atomic mass is 9.86. The molecule has 4 heteroatoms. The van der Waals surface area contributed by atoms with E-state index in [2.05, 4.69) is 22.8 Å². The summed E-state index contributed by atoms with van der Waals surface area (Å²) in [5.74, 6) is 0.223. The van der Waals surface area contributed by atoms with E-state index >= 15 is 0 Å². The van der Waals surface area contributed by atoms with Crippen LogP contribution >= 0.6 is 0 Å². The van der Waals surface area contributed by atoms with Gasteiger partial charge in [0.25, 0.3) is 0 Å². The third kappa shape index (κ3) is 3.43. The van der Waals surface area contributed by atoms with Crippen LogP contribution < -0.4 is 10.6 Å². The zero-order valence-corrected chi connectivity index (χ0v) is 15.2. The average molecular weight is 340 g/mol. The summed E-state index contributed by atoms with van der Waals surface area (Å²) in [6.45, 7) is 7.95. The van der Waals surface area contributed by atoms with Gasteiger partial charge in [-0.1, -0.05) is 24.3 Å². The first-order chi connectivity index (χ1) is 11.8. The molecule has 0 atom stereocenters. The smallest absolute Gasteiger partial charge is 0.234 e. The maximum atomic E-state index is 11.6. The van der Waals surface area contributed by atoms with Crippen LogP contribution in [0, 0.1) is 13.8 Å². The number of benzene rings is 2. The summed E-state index contributed by atoms with van der Waals surface area (Å²) in [7, 11) is 0. The molecule has 0 aliphatic carbocycles. The molecule has 0 spiro atoms. The molecule has 0 saturated carbocycles. The number of fused-ring (bicyclic) bond motifs is 2. The predicted molar refractivity (Wildman–Crippen MR) is 105 cm³/mol. The number of anilines is 2. The SMILES string of the molecule is Cc1ccc2c(c1)NC(=O)C2(C)C.Cc1ccc2c(c1)NC(=O)CC2.[HH].[HH].